The molecule has 0 bridgehead atoms. The largest absolute Gasteiger partial charge is 0.506 e. The molecule has 2 N–H and O–H groups in total. The van der Waals surface area contributed by atoms with Gasteiger partial charge in [0.05, 0.1) is 5.02 Å². The van der Waals surface area contributed by atoms with E-state index >= 15 is 0 Å². The standard InChI is InChI=1S/C14H12ClF2NOS/c15-10-5-3-4-9(13(10)19)8-18-11-6-1-2-7-12(11)20-14(16)17/h1-7,14,18-19H,8H2. The maximum atomic E-state index is 12.5. The SMILES string of the molecule is Oc1c(Cl)cccc1CNc1ccccc1SC(F)F. The number of alkyl halides is 2. The number of phenols is 1. The highest BCUT2D eigenvalue weighted by Gasteiger charge is 2.10. The fraction of sp³-hybridized carbons (Fsp3) is 0.143. The molecule has 0 heterocycles. The Morgan fingerprint density at radius 1 is 1.15 bits per heavy atom. The molecule has 0 aliphatic carbocycles. The van der Waals surface area contributed by atoms with Crippen LogP contribution in [0.15, 0.2) is 47.4 Å². The molecule has 20 heavy (non-hydrogen) atoms. The van der Waals surface area contributed by atoms with Crippen LogP contribution in [-0.4, -0.2) is 10.9 Å². The van der Waals surface area contributed by atoms with E-state index in [-0.39, 0.29) is 10.8 Å². The van der Waals surface area contributed by atoms with Crippen LogP contribution < -0.4 is 5.32 Å². The lowest BCUT2D eigenvalue weighted by Crippen LogP contribution is -2.01. The molecule has 0 aromatic heterocycles. The van der Waals surface area contributed by atoms with Gasteiger partial charge in [-0.25, -0.2) is 0 Å². The van der Waals surface area contributed by atoms with E-state index < -0.39 is 5.76 Å². The highest BCUT2D eigenvalue weighted by atomic mass is 35.5. The van der Waals surface area contributed by atoms with Crippen LogP contribution in [-0.2, 0) is 6.54 Å². The molecule has 0 unspecified atom stereocenters. The van der Waals surface area contributed by atoms with Crippen LogP contribution >= 0.6 is 23.4 Å². The number of phenolic OH excluding ortho intramolecular Hbond substituents is 1. The van der Waals surface area contributed by atoms with Crippen LogP contribution in [0.1, 0.15) is 5.56 Å². The molecule has 0 spiro atoms. The Labute approximate surface area is 124 Å². The summed E-state index contributed by atoms with van der Waals surface area (Å²) in [7, 11) is 0. The van der Waals surface area contributed by atoms with Crippen LogP contribution in [0.2, 0.25) is 5.02 Å². The minimum atomic E-state index is -2.47. The third-order valence-electron chi connectivity index (χ3n) is 2.64. The van der Waals surface area contributed by atoms with Crippen molar-refractivity contribution in [3.05, 3.63) is 53.1 Å². The van der Waals surface area contributed by atoms with Gasteiger partial charge in [-0.15, -0.1) is 0 Å². The van der Waals surface area contributed by atoms with Gasteiger partial charge < -0.3 is 10.4 Å². The smallest absolute Gasteiger partial charge is 0.288 e. The molecule has 6 heteroatoms. The molecule has 0 saturated carbocycles. The second-order valence-corrected chi connectivity index (χ2v) is 5.41. The molecule has 0 fully saturated rings. The first kappa shape index (κ1) is 14.9. The molecule has 106 valence electrons. The second-order valence-electron chi connectivity index (χ2n) is 3.98. The number of anilines is 1. The predicted molar refractivity (Wildman–Crippen MR) is 78.7 cm³/mol. The van der Waals surface area contributed by atoms with Gasteiger partial charge in [0.2, 0.25) is 0 Å². The quantitative estimate of drug-likeness (QED) is 0.764. The van der Waals surface area contributed by atoms with E-state index in [1.807, 2.05) is 0 Å². The summed E-state index contributed by atoms with van der Waals surface area (Å²) in [4.78, 5) is 0.462. The summed E-state index contributed by atoms with van der Waals surface area (Å²) in [5, 5.41) is 13.1. The van der Waals surface area contributed by atoms with Gasteiger partial charge in [0.1, 0.15) is 5.75 Å². The Morgan fingerprint density at radius 3 is 2.65 bits per heavy atom. The molecule has 0 aliphatic rings. The lowest BCUT2D eigenvalue weighted by atomic mass is 10.2. The molecule has 2 aromatic carbocycles. The van der Waals surface area contributed by atoms with E-state index in [1.165, 1.54) is 0 Å². The zero-order chi connectivity index (χ0) is 14.5. The van der Waals surface area contributed by atoms with E-state index in [4.69, 9.17) is 11.6 Å². The molecular weight excluding hydrogens is 304 g/mol. The number of para-hydroxylation sites is 2. The molecule has 2 nitrogen and oxygen atoms in total. The van der Waals surface area contributed by atoms with Crippen molar-refractivity contribution in [3.63, 3.8) is 0 Å². The number of halogens is 3. The number of hydrogen-bond donors (Lipinski definition) is 2. The molecule has 0 aliphatic heterocycles. The summed E-state index contributed by atoms with van der Waals surface area (Å²) in [6.45, 7) is 0.299. The zero-order valence-corrected chi connectivity index (χ0v) is 11.9. The van der Waals surface area contributed by atoms with Crippen molar-refractivity contribution < 1.29 is 13.9 Å². The van der Waals surface area contributed by atoms with Crippen molar-refractivity contribution in [2.75, 3.05) is 5.32 Å². The molecule has 0 saturated heterocycles. The van der Waals surface area contributed by atoms with Crippen molar-refractivity contribution in [2.24, 2.45) is 0 Å². The molecular formula is C14H12ClF2NOS. The number of thioether (sulfide) groups is 1. The normalized spacial score (nSPS) is 10.8. The van der Waals surface area contributed by atoms with Crippen molar-refractivity contribution in [1.82, 2.24) is 0 Å². The lowest BCUT2D eigenvalue weighted by Gasteiger charge is -2.12. The van der Waals surface area contributed by atoms with E-state index in [9.17, 15) is 13.9 Å². The molecule has 0 amide bonds. The van der Waals surface area contributed by atoms with Crippen molar-refractivity contribution >= 4 is 29.1 Å². The maximum Gasteiger partial charge on any atom is 0.288 e. The van der Waals surface area contributed by atoms with E-state index in [2.05, 4.69) is 5.32 Å². The van der Waals surface area contributed by atoms with E-state index in [0.29, 0.717) is 34.5 Å². The third kappa shape index (κ3) is 3.77. The van der Waals surface area contributed by atoms with Gasteiger partial charge in [0, 0.05) is 22.7 Å². The van der Waals surface area contributed by atoms with Crippen LogP contribution in [0.3, 0.4) is 0 Å². The van der Waals surface area contributed by atoms with Gasteiger partial charge in [-0.05, 0) is 18.2 Å². The van der Waals surface area contributed by atoms with Gasteiger partial charge in [0.25, 0.3) is 5.76 Å². The minimum Gasteiger partial charge on any atom is -0.506 e. The first-order valence-electron chi connectivity index (χ1n) is 5.82. The fourth-order valence-corrected chi connectivity index (χ4v) is 2.51. The third-order valence-corrected chi connectivity index (χ3v) is 3.74. The Bertz CT molecular complexity index is 595. The summed E-state index contributed by atoms with van der Waals surface area (Å²) in [5.74, 6) is -2.47. The molecule has 2 aromatic rings. The Kier molecular flexibility index (Phi) is 5.09. The fourth-order valence-electron chi connectivity index (χ4n) is 1.70. The Balaban J connectivity index is 2.13. The van der Waals surface area contributed by atoms with E-state index in [0.717, 1.165) is 0 Å². The topological polar surface area (TPSA) is 32.3 Å². The summed E-state index contributed by atoms with van der Waals surface area (Å²) >= 11 is 6.30. The average Bonchev–Trinajstić information content (AvgIpc) is 2.41. The van der Waals surface area contributed by atoms with Crippen LogP contribution in [0, 0.1) is 0 Å². The molecule has 0 radical (unpaired) electrons. The van der Waals surface area contributed by atoms with Gasteiger partial charge in [-0.1, -0.05) is 47.6 Å². The van der Waals surface area contributed by atoms with Crippen molar-refractivity contribution in [2.45, 2.75) is 17.2 Å². The minimum absolute atomic E-state index is 0.000612. The summed E-state index contributed by atoms with van der Waals surface area (Å²) in [6.07, 6.45) is 0. The highest BCUT2D eigenvalue weighted by molar-refractivity contribution is 7.99. The summed E-state index contributed by atoms with van der Waals surface area (Å²) in [6, 6.07) is 11.8. The van der Waals surface area contributed by atoms with Crippen molar-refractivity contribution in [3.8, 4) is 5.75 Å². The number of hydrogen-bond acceptors (Lipinski definition) is 3. The highest BCUT2D eigenvalue weighted by Crippen LogP contribution is 2.33. The lowest BCUT2D eigenvalue weighted by molar-refractivity contribution is 0.252. The first-order chi connectivity index (χ1) is 9.58. The predicted octanol–water partition coefficient (Wildman–Crippen LogP) is 4.97. The molecule has 0 atom stereocenters. The van der Waals surface area contributed by atoms with Gasteiger partial charge >= 0.3 is 0 Å². The van der Waals surface area contributed by atoms with Crippen LogP contribution in [0.5, 0.6) is 5.75 Å². The van der Waals surface area contributed by atoms with Crippen LogP contribution in [0.4, 0.5) is 14.5 Å². The first-order valence-corrected chi connectivity index (χ1v) is 7.07. The Hall–Kier alpha value is -1.46. The number of benzene rings is 2. The average molecular weight is 316 g/mol. The monoisotopic (exact) mass is 315 g/mol. The second kappa shape index (κ2) is 6.81. The Morgan fingerprint density at radius 2 is 1.90 bits per heavy atom. The number of nitrogens with one attached hydrogen (secondary N) is 1. The van der Waals surface area contributed by atoms with Crippen molar-refractivity contribution in [1.29, 1.82) is 0 Å². The van der Waals surface area contributed by atoms with E-state index in [1.54, 1.807) is 42.5 Å². The van der Waals surface area contributed by atoms with Gasteiger partial charge in [0.15, 0.2) is 0 Å². The number of aromatic hydroxyl groups is 1. The maximum absolute atomic E-state index is 12.5. The summed E-state index contributed by atoms with van der Waals surface area (Å²) < 4.78 is 24.9. The number of rotatable bonds is 5. The summed E-state index contributed by atoms with van der Waals surface area (Å²) in [5.41, 5.74) is 1.20. The van der Waals surface area contributed by atoms with Gasteiger partial charge in [-0.3, -0.25) is 0 Å². The zero-order valence-electron chi connectivity index (χ0n) is 10.3. The van der Waals surface area contributed by atoms with Gasteiger partial charge in [-0.2, -0.15) is 8.78 Å². The molecule has 2 rings (SSSR count). The van der Waals surface area contributed by atoms with Crippen LogP contribution in [0.25, 0.3) is 0 Å².